The number of pyridine rings is 1. The van der Waals surface area contributed by atoms with E-state index in [9.17, 15) is 9.59 Å². The molecule has 3 aromatic rings. The fraction of sp³-hybridized carbons (Fsp3) is 0.263. The first-order valence-electron chi connectivity index (χ1n) is 8.55. The van der Waals surface area contributed by atoms with Gasteiger partial charge in [0.25, 0.3) is 5.91 Å². The van der Waals surface area contributed by atoms with Gasteiger partial charge in [-0.15, -0.1) is 10.2 Å². The highest BCUT2D eigenvalue weighted by molar-refractivity contribution is 6.04. The Balaban J connectivity index is 1.45. The second-order valence-corrected chi connectivity index (χ2v) is 6.58. The first-order chi connectivity index (χ1) is 12.6. The van der Waals surface area contributed by atoms with E-state index in [-0.39, 0.29) is 11.5 Å². The maximum Gasteiger partial charge on any atom is 0.257 e. The second-order valence-electron chi connectivity index (χ2n) is 6.58. The highest BCUT2D eigenvalue weighted by Gasteiger charge is 2.20. The van der Waals surface area contributed by atoms with Crippen LogP contribution in [0, 0.1) is 0 Å². The van der Waals surface area contributed by atoms with Crippen molar-refractivity contribution in [2.75, 3.05) is 5.32 Å². The summed E-state index contributed by atoms with van der Waals surface area (Å²) in [6, 6.07) is 10.9. The molecule has 7 heteroatoms. The minimum absolute atomic E-state index is 0.144. The van der Waals surface area contributed by atoms with Gasteiger partial charge in [-0.1, -0.05) is 12.1 Å². The second kappa shape index (κ2) is 6.59. The molecule has 0 radical (unpaired) electrons. The molecule has 4 rings (SSSR count). The Bertz CT molecular complexity index is 1000. The van der Waals surface area contributed by atoms with Gasteiger partial charge in [0.15, 0.2) is 0 Å². The van der Waals surface area contributed by atoms with Crippen molar-refractivity contribution in [2.45, 2.75) is 25.3 Å². The molecule has 0 aliphatic carbocycles. The summed E-state index contributed by atoms with van der Waals surface area (Å²) in [6.07, 6.45) is 5.28. The van der Waals surface area contributed by atoms with Crippen molar-refractivity contribution >= 4 is 11.6 Å². The topological polar surface area (TPSA) is 81.8 Å². The van der Waals surface area contributed by atoms with E-state index in [1.807, 2.05) is 12.1 Å². The van der Waals surface area contributed by atoms with Gasteiger partial charge < -0.3 is 14.5 Å². The van der Waals surface area contributed by atoms with Gasteiger partial charge in [-0.05, 0) is 30.2 Å². The van der Waals surface area contributed by atoms with Crippen LogP contribution >= 0.6 is 0 Å². The quantitative estimate of drug-likeness (QED) is 0.784. The average molecular weight is 349 g/mol. The Morgan fingerprint density at radius 1 is 1.19 bits per heavy atom. The van der Waals surface area contributed by atoms with Crippen LogP contribution < -0.4 is 10.9 Å². The number of nitrogens with one attached hydrogen (secondary N) is 1. The van der Waals surface area contributed by atoms with Crippen molar-refractivity contribution in [2.24, 2.45) is 7.05 Å². The van der Waals surface area contributed by atoms with E-state index >= 15 is 0 Å². The molecule has 2 aromatic heterocycles. The number of fused-ring (bicyclic) bond motifs is 1. The third-order valence-corrected chi connectivity index (χ3v) is 4.82. The van der Waals surface area contributed by atoms with Gasteiger partial charge in [0.05, 0.1) is 5.56 Å². The van der Waals surface area contributed by atoms with E-state index in [1.54, 1.807) is 13.4 Å². The van der Waals surface area contributed by atoms with E-state index in [0.29, 0.717) is 11.5 Å². The maximum absolute atomic E-state index is 12.3. The van der Waals surface area contributed by atoms with Crippen LogP contribution in [0.4, 0.5) is 5.69 Å². The molecule has 3 heterocycles. The van der Waals surface area contributed by atoms with Crippen LogP contribution in [-0.2, 0) is 20.0 Å². The van der Waals surface area contributed by atoms with Crippen LogP contribution in [0.3, 0.4) is 0 Å². The molecule has 1 atom stereocenters. The fourth-order valence-electron chi connectivity index (χ4n) is 3.30. The molecule has 1 aromatic carbocycles. The number of hydrogen-bond donors (Lipinski definition) is 1. The van der Waals surface area contributed by atoms with E-state index in [4.69, 9.17) is 0 Å². The zero-order valence-electron chi connectivity index (χ0n) is 14.4. The minimum Gasteiger partial charge on any atom is -0.322 e. The molecule has 7 nitrogen and oxygen atoms in total. The fourth-order valence-corrected chi connectivity index (χ4v) is 3.30. The van der Waals surface area contributed by atoms with Gasteiger partial charge in [-0.2, -0.15) is 0 Å². The molecule has 0 spiro atoms. The Morgan fingerprint density at radius 2 is 2.00 bits per heavy atom. The highest BCUT2D eigenvalue weighted by Crippen LogP contribution is 2.28. The maximum atomic E-state index is 12.3. The number of aromatic nitrogens is 4. The van der Waals surface area contributed by atoms with Crippen LogP contribution in [0.5, 0.6) is 0 Å². The molecule has 1 aliphatic rings. The minimum atomic E-state index is -0.236. The summed E-state index contributed by atoms with van der Waals surface area (Å²) in [6.45, 7) is 0.881. The van der Waals surface area contributed by atoms with E-state index in [1.165, 1.54) is 28.5 Å². The molecule has 1 aliphatic heterocycles. The lowest BCUT2D eigenvalue weighted by Gasteiger charge is -2.23. The van der Waals surface area contributed by atoms with Crippen molar-refractivity contribution in [1.82, 2.24) is 19.3 Å². The summed E-state index contributed by atoms with van der Waals surface area (Å²) in [5.41, 5.74) is 2.27. The molecular weight excluding hydrogens is 330 g/mol. The van der Waals surface area contributed by atoms with Gasteiger partial charge in [0.2, 0.25) is 5.56 Å². The molecule has 0 saturated carbocycles. The summed E-state index contributed by atoms with van der Waals surface area (Å²) in [5.74, 6) is 1.23. The molecule has 1 N–H and O–H groups in total. The van der Waals surface area contributed by atoms with E-state index in [0.717, 1.165) is 30.9 Å². The van der Waals surface area contributed by atoms with Crippen molar-refractivity contribution in [1.29, 1.82) is 0 Å². The summed E-state index contributed by atoms with van der Waals surface area (Å²) >= 11 is 0. The summed E-state index contributed by atoms with van der Waals surface area (Å²) in [4.78, 5) is 23.7. The number of benzene rings is 1. The first-order valence-corrected chi connectivity index (χ1v) is 8.55. The SMILES string of the molecule is Cn1cc(C(=O)Nc2ccc([C@H]3CCc4nncn4C3)cc2)ccc1=O. The average Bonchev–Trinajstić information content (AvgIpc) is 3.12. The number of aryl methyl sites for hydroxylation is 2. The number of rotatable bonds is 3. The van der Waals surface area contributed by atoms with Crippen molar-refractivity contribution in [3.63, 3.8) is 0 Å². The number of carbonyl (C=O) groups excluding carboxylic acids is 1. The number of carbonyl (C=O) groups is 1. The Morgan fingerprint density at radius 3 is 2.77 bits per heavy atom. The largest absolute Gasteiger partial charge is 0.322 e. The third kappa shape index (κ3) is 3.15. The number of nitrogens with zero attached hydrogens (tertiary/aromatic N) is 4. The number of anilines is 1. The number of hydrogen-bond acceptors (Lipinski definition) is 4. The normalized spacial score (nSPS) is 16.1. The van der Waals surface area contributed by atoms with Crippen LogP contribution in [0.1, 0.15) is 34.1 Å². The van der Waals surface area contributed by atoms with Crippen LogP contribution in [0.25, 0.3) is 0 Å². The summed E-state index contributed by atoms with van der Waals surface area (Å²) in [7, 11) is 1.62. The third-order valence-electron chi connectivity index (χ3n) is 4.82. The monoisotopic (exact) mass is 349 g/mol. The summed E-state index contributed by atoms with van der Waals surface area (Å²) in [5, 5.41) is 10.9. The predicted molar refractivity (Wildman–Crippen MR) is 97.2 cm³/mol. The molecule has 1 amide bonds. The molecule has 0 saturated heterocycles. The van der Waals surface area contributed by atoms with Gasteiger partial charge >= 0.3 is 0 Å². The lowest BCUT2D eigenvalue weighted by Crippen LogP contribution is -2.20. The van der Waals surface area contributed by atoms with Crippen molar-refractivity contribution in [3.05, 3.63) is 76.2 Å². The van der Waals surface area contributed by atoms with Crippen LogP contribution in [-0.4, -0.2) is 25.2 Å². The van der Waals surface area contributed by atoms with E-state index < -0.39 is 0 Å². The van der Waals surface area contributed by atoms with Crippen molar-refractivity contribution in [3.8, 4) is 0 Å². The lowest BCUT2D eigenvalue weighted by atomic mass is 9.91. The van der Waals surface area contributed by atoms with Gasteiger partial charge in [0.1, 0.15) is 12.2 Å². The highest BCUT2D eigenvalue weighted by atomic mass is 16.2. The van der Waals surface area contributed by atoms with Gasteiger partial charge in [-0.25, -0.2) is 0 Å². The zero-order chi connectivity index (χ0) is 18.1. The predicted octanol–water partition coefficient (Wildman–Crippen LogP) is 1.96. The van der Waals surface area contributed by atoms with Gasteiger partial charge in [-0.3, -0.25) is 9.59 Å². The molecule has 0 bridgehead atoms. The molecule has 0 fully saturated rings. The molecule has 132 valence electrons. The first kappa shape index (κ1) is 16.3. The Labute approximate surface area is 150 Å². The van der Waals surface area contributed by atoms with Gasteiger partial charge in [0, 0.05) is 43.9 Å². The standard InChI is InChI=1S/C19H19N5O2/c1-23-10-15(5-9-18(23)25)19(26)21-16-6-2-13(3-7-16)14-4-8-17-22-20-12-24(17)11-14/h2-3,5-7,9-10,12,14H,4,8,11H2,1H3,(H,21,26)/t14-/m0/s1. The Kier molecular flexibility index (Phi) is 4.12. The Hall–Kier alpha value is -3.22. The van der Waals surface area contributed by atoms with Crippen LogP contribution in [0.2, 0.25) is 0 Å². The summed E-state index contributed by atoms with van der Waals surface area (Å²) < 4.78 is 3.49. The van der Waals surface area contributed by atoms with Crippen LogP contribution in [0.15, 0.2) is 53.7 Å². The van der Waals surface area contributed by atoms with Crippen molar-refractivity contribution < 1.29 is 4.79 Å². The molecular formula is C19H19N5O2. The zero-order valence-corrected chi connectivity index (χ0v) is 14.4. The smallest absolute Gasteiger partial charge is 0.257 e. The van der Waals surface area contributed by atoms with E-state index in [2.05, 4.69) is 32.2 Å². The molecule has 26 heavy (non-hydrogen) atoms. The molecule has 0 unspecified atom stereocenters. The number of amides is 1. The lowest BCUT2D eigenvalue weighted by molar-refractivity contribution is 0.102.